The van der Waals surface area contributed by atoms with E-state index < -0.39 is 11.8 Å². The van der Waals surface area contributed by atoms with Crippen LogP contribution < -0.4 is 14.2 Å². The molecule has 0 aromatic heterocycles. The first-order valence-corrected chi connectivity index (χ1v) is 17.9. The van der Waals surface area contributed by atoms with E-state index in [2.05, 4.69) is 30.9 Å². The van der Waals surface area contributed by atoms with E-state index in [1.54, 1.807) is 11.0 Å². The number of nitriles is 1. The molecule has 11 nitrogen and oxygen atoms in total. The maximum Gasteiger partial charge on any atom is 0.412 e. The highest BCUT2D eigenvalue weighted by molar-refractivity contribution is 5.70. The number of nitrogens with zero attached hydrogens (tertiary/aromatic N) is 3. The average Bonchev–Trinajstić information content (AvgIpc) is 3.89. The highest BCUT2D eigenvalue weighted by atomic mass is 16.7. The Balaban J connectivity index is 1.11. The van der Waals surface area contributed by atoms with Gasteiger partial charge in [0.25, 0.3) is 0 Å². The monoisotopic (exact) mass is 697 g/mol. The van der Waals surface area contributed by atoms with Crippen molar-refractivity contribution in [2.24, 2.45) is 11.8 Å². The van der Waals surface area contributed by atoms with Crippen LogP contribution in [0.2, 0.25) is 0 Å². The van der Waals surface area contributed by atoms with Gasteiger partial charge < -0.3 is 33.2 Å². The molecule has 1 amide bonds. The topological polar surface area (TPSA) is 112 Å². The second kappa shape index (κ2) is 15.1. The molecule has 0 saturated carbocycles. The minimum atomic E-state index is -0.920. The standard InChI is InChI=1S/C40H47N3O8/c1-26(2)20-42(21-28-11-14-34-35(18-28)49-25-48-34)22-36-33(17-27-9-12-31(13-10-27)46-23-30-8-6-5-7-29(30)19-41)43(40(3,4)51-36)39(44)50-37-24-47-38-32(37)15-16-45-38/h5-14,18,26,32-33,36-38H,15-17,20-25H2,1-4H3/t32-,33-,36+,37-,38+/m0/s1. The van der Waals surface area contributed by atoms with Gasteiger partial charge in [-0.25, -0.2) is 4.79 Å². The number of carbonyl (C=O) groups is 1. The molecule has 3 fully saturated rings. The lowest BCUT2D eigenvalue weighted by Gasteiger charge is -2.34. The van der Waals surface area contributed by atoms with Crippen molar-refractivity contribution in [2.45, 2.75) is 84.0 Å². The van der Waals surface area contributed by atoms with Crippen molar-refractivity contribution in [3.63, 3.8) is 0 Å². The van der Waals surface area contributed by atoms with Crippen LogP contribution in [-0.4, -0.2) is 79.3 Å². The largest absolute Gasteiger partial charge is 0.489 e. The Morgan fingerprint density at radius 3 is 2.63 bits per heavy atom. The Bertz CT molecular complexity index is 1720. The lowest BCUT2D eigenvalue weighted by molar-refractivity contribution is -0.0912. The number of hydrogen-bond acceptors (Lipinski definition) is 10. The Hall–Kier alpha value is -4.34. The van der Waals surface area contributed by atoms with Crippen molar-refractivity contribution in [3.8, 4) is 23.3 Å². The molecule has 270 valence electrons. The van der Waals surface area contributed by atoms with Gasteiger partial charge in [0, 0.05) is 25.2 Å². The summed E-state index contributed by atoms with van der Waals surface area (Å²) in [4.78, 5) is 18.4. The van der Waals surface area contributed by atoms with E-state index in [9.17, 15) is 10.1 Å². The first-order valence-electron chi connectivity index (χ1n) is 17.9. The zero-order valence-corrected chi connectivity index (χ0v) is 29.8. The third-order valence-corrected chi connectivity index (χ3v) is 10.0. The summed E-state index contributed by atoms with van der Waals surface area (Å²) in [6.45, 7) is 11.9. The Morgan fingerprint density at radius 1 is 1.04 bits per heavy atom. The van der Waals surface area contributed by atoms with E-state index in [0.29, 0.717) is 56.6 Å². The molecule has 7 rings (SSSR count). The molecule has 4 aliphatic rings. The fraction of sp³-hybridized carbons (Fsp3) is 0.500. The molecule has 0 radical (unpaired) electrons. The van der Waals surface area contributed by atoms with Crippen molar-refractivity contribution >= 4 is 6.09 Å². The van der Waals surface area contributed by atoms with Gasteiger partial charge in [0.2, 0.25) is 6.79 Å². The van der Waals surface area contributed by atoms with Crippen molar-refractivity contribution in [1.29, 1.82) is 5.26 Å². The first kappa shape index (κ1) is 35.1. The van der Waals surface area contributed by atoms with Gasteiger partial charge in [-0.05, 0) is 74.1 Å². The third kappa shape index (κ3) is 7.95. The van der Waals surface area contributed by atoms with Gasteiger partial charge in [0.05, 0.1) is 42.9 Å². The molecule has 0 N–H and O–H groups in total. The highest BCUT2D eigenvalue weighted by Gasteiger charge is 2.52. The second-order valence-corrected chi connectivity index (χ2v) is 14.7. The summed E-state index contributed by atoms with van der Waals surface area (Å²) in [6.07, 6.45) is -0.0428. The van der Waals surface area contributed by atoms with Crippen LogP contribution in [0, 0.1) is 23.2 Å². The molecule has 3 aromatic carbocycles. The van der Waals surface area contributed by atoms with Crippen LogP contribution in [0.3, 0.4) is 0 Å². The summed E-state index contributed by atoms with van der Waals surface area (Å²) in [5, 5.41) is 9.45. The van der Waals surface area contributed by atoms with Gasteiger partial charge in [-0.3, -0.25) is 9.80 Å². The minimum Gasteiger partial charge on any atom is -0.489 e. The molecule has 3 aromatic rings. The Kier molecular flexibility index (Phi) is 10.4. The van der Waals surface area contributed by atoms with Gasteiger partial charge in [-0.2, -0.15) is 5.26 Å². The van der Waals surface area contributed by atoms with Crippen molar-refractivity contribution < 1.29 is 38.0 Å². The SMILES string of the molecule is CC(C)CN(Cc1ccc2c(c1)OCO2)C[C@H]1OC(C)(C)N(C(=O)O[C@H]2CO[C@H]3OCC[C@H]32)[C@H]1Cc1ccc(OCc2ccccc2C#N)cc1. The van der Waals surface area contributed by atoms with E-state index in [1.807, 2.05) is 68.4 Å². The third-order valence-electron chi connectivity index (χ3n) is 10.0. The summed E-state index contributed by atoms with van der Waals surface area (Å²) in [5.41, 5.74) is 2.67. The van der Waals surface area contributed by atoms with E-state index >= 15 is 0 Å². The molecule has 0 bridgehead atoms. The normalized spacial score (nSPS) is 24.6. The summed E-state index contributed by atoms with van der Waals surface area (Å²) >= 11 is 0. The van der Waals surface area contributed by atoms with E-state index in [4.69, 9.17) is 33.2 Å². The number of hydrogen-bond donors (Lipinski definition) is 0. The van der Waals surface area contributed by atoms with Crippen molar-refractivity contribution in [3.05, 3.63) is 89.0 Å². The van der Waals surface area contributed by atoms with Crippen LogP contribution in [0.1, 0.15) is 56.4 Å². The molecule has 4 aliphatic heterocycles. The van der Waals surface area contributed by atoms with Crippen LogP contribution in [0.4, 0.5) is 4.79 Å². The maximum atomic E-state index is 14.2. The fourth-order valence-corrected chi connectivity index (χ4v) is 7.69. The highest BCUT2D eigenvalue weighted by Crippen LogP contribution is 2.39. The summed E-state index contributed by atoms with van der Waals surface area (Å²) in [7, 11) is 0. The molecule has 4 heterocycles. The molecule has 0 unspecified atom stereocenters. The number of rotatable bonds is 12. The van der Waals surface area contributed by atoms with Gasteiger partial charge in [-0.15, -0.1) is 0 Å². The molecule has 11 heteroatoms. The van der Waals surface area contributed by atoms with Crippen molar-refractivity contribution in [2.75, 3.05) is 33.1 Å². The van der Waals surface area contributed by atoms with Gasteiger partial charge in [0.15, 0.2) is 17.8 Å². The number of carbonyl (C=O) groups excluding carboxylic acids is 1. The Labute approximate surface area is 299 Å². The minimum absolute atomic E-state index is 0.0331. The summed E-state index contributed by atoms with van der Waals surface area (Å²) in [6, 6.07) is 23.4. The molecule has 5 atom stereocenters. The quantitative estimate of drug-likeness (QED) is 0.215. The predicted molar refractivity (Wildman–Crippen MR) is 187 cm³/mol. The molecular weight excluding hydrogens is 650 g/mol. The molecule has 3 saturated heterocycles. The van der Waals surface area contributed by atoms with E-state index in [-0.39, 0.29) is 37.3 Å². The zero-order valence-electron chi connectivity index (χ0n) is 29.8. The molecule has 0 aliphatic carbocycles. The maximum absolute atomic E-state index is 14.2. The van der Waals surface area contributed by atoms with Gasteiger partial charge in [0.1, 0.15) is 24.2 Å². The predicted octanol–water partition coefficient (Wildman–Crippen LogP) is 6.27. The van der Waals surface area contributed by atoms with E-state index in [0.717, 1.165) is 41.2 Å². The molecule has 51 heavy (non-hydrogen) atoms. The summed E-state index contributed by atoms with van der Waals surface area (Å²) in [5.74, 6) is 2.66. The molecular formula is C40H47N3O8. The zero-order chi connectivity index (χ0) is 35.5. The molecule has 0 spiro atoms. The average molecular weight is 698 g/mol. The van der Waals surface area contributed by atoms with Gasteiger partial charge >= 0.3 is 6.09 Å². The van der Waals surface area contributed by atoms with Gasteiger partial charge in [-0.1, -0.05) is 50.2 Å². The number of fused-ring (bicyclic) bond motifs is 2. The number of amides is 1. The second-order valence-electron chi connectivity index (χ2n) is 14.7. The van der Waals surface area contributed by atoms with E-state index in [1.165, 1.54) is 0 Å². The first-order chi connectivity index (χ1) is 24.7. The van der Waals surface area contributed by atoms with Crippen LogP contribution >= 0.6 is 0 Å². The lowest BCUT2D eigenvalue weighted by Crippen LogP contribution is -2.51. The van der Waals surface area contributed by atoms with Crippen molar-refractivity contribution in [1.82, 2.24) is 9.80 Å². The number of benzene rings is 3. The Morgan fingerprint density at radius 2 is 1.82 bits per heavy atom. The van der Waals surface area contributed by atoms with Crippen LogP contribution in [0.5, 0.6) is 17.2 Å². The van der Waals surface area contributed by atoms with Crippen LogP contribution in [-0.2, 0) is 38.5 Å². The smallest absolute Gasteiger partial charge is 0.412 e. The van der Waals surface area contributed by atoms with Crippen LogP contribution in [0.25, 0.3) is 0 Å². The van der Waals surface area contributed by atoms with Crippen LogP contribution in [0.15, 0.2) is 66.7 Å². The number of ether oxygens (including phenoxy) is 7. The fourth-order valence-electron chi connectivity index (χ4n) is 7.69. The summed E-state index contributed by atoms with van der Waals surface area (Å²) < 4.78 is 41.7. The lowest BCUT2D eigenvalue weighted by atomic mass is 9.99.